The molecule has 0 saturated heterocycles. The monoisotopic (exact) mass is 383 g/mol. The number of rotatable bonds is 6. The molecule has 2 unspecified atom stereocenters. The Hall–Kier alpha value is -1.84. The van der Waals surface area contributed by atoms with Gasteiger partial charge < -0.3 is 10.1 Å². The molecule has 4 heteroatoms. The van der Waals surface area contributed by atoms with Crippen molar-refractivity contribution >= 4 is 11.9 Å². The summed E-state index contributed by atoms with van der Waals surface area (Å²) in [5.41, 5.74) is 1.79. The molecule has 4 nitrogen and oxygen atoms in total. The fourth-order valence-corrected chi connectivity index (χ4v) is 6.98. The Morgan fingerprint density at radius 1 is 1.11 bits per heavy atom. The molecule has 4 bridgehead atoms. The van der Waals surface area contributed by atoms with E-state index < -0.39 is 6.04 Å². The first-order valence-electron chi connectivity index (χ1n) is 10.8. The molecule has 152 valence electrons. The van der Waals surface area contributed by atoms with Crippen LogP contribution >= 0.6 is 0 Å². The molecular formula is C24H33NO3. The highest BCUT2D eigenvalue weighted by Gasteiger charge is 2.58. The minimum atomic E-state index is -0.561. The lowest BCUT2D eigenvalue weighted by Crippen LogP contribution is -2.56. The van der Waals surface area contributed by atoms with E-state index in [1.807, 2.05) is 13.8 Å². The number of esters is 1. The van der Waals surface area contributed by atoms with Crippen molar-refractivity contribution in [1.82, 2.24) is 5.32 Å². The van der Waals surface area contributed by atoms with Gasteiger partial charge in [-0.15, -0.1) is 0 Å². The first-order chi connectivity index (χ1) is 13.3. The van der Waals surface area contributed by atoms with Gasteiger partial charge in [-0.05, 0) is 72.7 Å². The maximum Gasteiger partial charge on any atom is 0.328 e. The lowest BCUT2D eigenvalue weighted by atomic mass is 9.42. The van der Waals surface area contributed by atoms with Crippen LogP contribution in [0.15, 0.2) is 30.3 Å². The molecule has 0 spiro atoms. The molecular weight excluding hydrogens is 350 g/mol. The summed E-state index contributed by atoms with van der Waals surface area (Å²) in [5, 5.41) is 2.98. The molecule has 4 fully saturated rings. The third-order valence-corrected chi connectivity index (χ3v) is 7.54. The van der Waals surface area contributed by atoms with Crippen molar-refractivity contribution in [2.45, 2.75) is 70.3 Å². The van der Waals surface area contributed by atoms with Crippen molar-refractivity contribution in [2.75, 3.05) is 7.11 Å². The first kappa shape index (κ1) is 19.5. The summed E-state index contributed by atoms with van der Waals surface area (Å²) < 4.78 is 4.89. The van der Waals surface area contributed by atoms with Crippen LogP contribution in [0.25, 0.3) is 0 Å². The Morgan fingerprint density at radius 2 is 1.75 bits per heavy atom. The Balaban J connectivity index is 1.53. The zero-order valence-corrected chi connectivity index (χ0v) is 17.4. The van der Waals surface area contributed by atoms with Crippen LogP contribution < -0.4 is 5.32 Å². The zero-order chi connectivity index (χ0) is 19.9. The van der Waals surface area contributed by atoms with Crippen LogP contribution in [0.1, 0.15) is 64.4 Å². The number of nitrogens with one attached hydrogen (secondary N) is 1. The zero-order valence-electron chi connectivity index (χ0n) is 17.4. The predicted octanol–water partition coefficient (Wildman–Crippen LogP) is 4.23. The second kappa shape index (κ2) is 7.20. The SMILES string of the molecule is COC(=O)[C@@H](NC(=O)CC12C[C@H]3C[C@@H](C1)CC(c1ccccc1)(C3)C2)C(C)C. The molecule has 4 saturated carbocycles. The van der Waals surface area contributed by atoms with Crippen LogP contribution in [0.2, 0.25) is 0 Å². The van der Waals surface area contributed by atoms with Crippen LogP contribution in [-0.2, 0) is 19.7 Å². The van der Waals surface area contributed by atoms with Gasteiger partial charge in [0.05, 0.1) is 7.11 Å². The van der Waals surface area contributed by atoms with Crippen molar-refractivity contribution in [3.63, 3.8) is 0 Å². The quantitative estimate of drug-likeness (QED) is 0.748. The van der Waals surface area contributed by atoms with E-state index in [0.717, 1.165) is 31.1 Å². The van der Waals surface area contributed by atoms with Gasteiger partial charge in [0.2, 0.25) is 5.91 Å². The number of benzene rings is 1. The van der Waals surface area contributed by atoms with Gasteiger partial charge in [0, 0.05) is 6.42 Å². The number of carbonyl (C=O) groups is 2. The Kier molecular flexibility index (Phi) is 5.01. The Bertz CT molecular complexity index is 727. The fourth-order valence-electron chi connectivity index (χ4n) is 6.98. The molecule has 1 amide bonds. The Morgan fingerprint density at radius 3 is 2.32 bits per heavy atom. The van der Waals surface area contributed by atoms with Crippen LogP contribution in [-0.4, -0.2) is 25.0 Å². The fraction of sp³-hybridized carbons (Fsp3) is 0.667. The highest BCUT2D eigenvalue weighted by Crippen LogP contribution is 2.66. The van der Waals surface area contributed by atoms with Crippen molar-refractivity contribution in [3.8, 4) is 0 Å². The molecule has 1 aromatic rings. The van der Waals surface area contributed by atoms with Crippen LogP contribution in [0.5, 0.6) is 0 Å². The van der Waals surface area contributed by atoms with Crippen molar-refractivity contribution in [2.24, 2.45) is 23.2 Å². The lowest BCUT2D eigenvalue weighted by molar-refractivity contribution is -0.147. The molecule has 0 aliphatic heterocycles. The van der Waals surface area contributed by atoms with Crippen molar-refractivity contribution in [1.29, 1.82) is 0 Å². The summed E-state index contributed by atoms with van der Waals surface area (Å²) in [4.78, 5) is 25.0. The predicted molar refractivity (Wildman–Crippen MR) is 109 cm³/mol. The van der Waals surface area contributed by atoms with Gasteiger partial charge in [-0.25, -0.2) is 4.79 Å². The van der Waals surface area contributed by atoms with E-state index in [4.69, 9.17) is 4.74 Å². The van der Waals surface area contributed by atoms with Crippen molar-refractivity contribution in [3.05, 3.63) is 35.9 Å². The third kappa shape index (κ3) is 3.46. The van der Waals surface area contributed by atoms with E-state index >= 15 is 0 Å². The molecule has 4 aliphatic carbocycles. The maximum absolute atomic E-state index is 13.0. The molecule has 5 atom stereocenters. The summed E-state index contributed by atoms with van der Waals surface area (Å²) in [6.07, 6.45) is 7.84. The number of hydrogen-bond acceptors (Lipinski definition) is 3. The molecule has 0 heterocycles. The van der Waals surface area contributed by atoms with Gasteiger partial charge in [0.1, 0.15) is 6.04 Å². The van der Waals surface area contributed by atoms with Gasteiger partial charge in [-0.2, -0.15) is 0 Å². The topological polar surface area (TPSA) is 55.4 Å². The molecule has 28 heavy (non-hydrogen) atoms. The van der Waals surface area contributed by atoms with Gasteiger partial charge in [-0.1, -0.05) is 44.2 Å². The van der Waals surface area contributed by atoms with Gasteiger partial charge >= 0.3 is 5.97 Å². The Labute approximate surface area is 168 Å². The van der Waals surface area contributed by atoms with E-state index in [2.05, 4.69) is 35.6 Å². The van der Waals surface area contributed by atoms with E-state index in [0.29, 0.717) is 6.42 Å². The van der Waals surface area contributed by atoms with E-state index in [-0.39, 0.29) is 28.6 Å². The molecule has 5 rings (SSSR count). The molecule has 0 aromatic heterocycles. The van der Waals surface area contributed by atoms with E-state index in [9.17, 15) is 9.59 Å². The first-order valence-corrected chi connectivity index (χ1v) is 10.8. The third-order valence-electron chi connectivity index (χ3n) is 7.54. The minimum Gasteiger partial charge on any atom is -0.467 e. The average molecular weight is 384 g/mol. The van der Waals surface area contributed by atoms with Crippen molar-refractivity contribution < 1.29 is 14.3 Å². The largest absolute Gasteiger partial charge is 0.467 e. The molecule has 1 N–H and O–H groups in total. The number of methoxy groups -OCH3 is 1. The number of ether oxygens (including phenoxy) is 1. The second-order valence-electron chi connectivity index (χ2n) is 10.1. The molecule has 4 aliphatic rings. The van der Waals surface area contributed by atoms with E-state index in [1.165, 1.54) is 31.9 Å². The summed E-state index contributed by atoms with van der Waals surface area (Å²) >= 11 is 0. The molecule has 0 radical (unpaired) electrons. The highest BCUT2D eigenvalue weighted by molar-refractivity contribution is 5.85. The molecule has 1 aromatic carbocycles. The maximum atomic E-state index is 13.0. The second-order valence-corrected chi connectivity index (χ2v) is 10.1. The number of hydrogen-bond donors (Lipinski definition) is 1. The normalized spacial score (nSPS) is 34.3. The van der Waals surface area contributed by atoms with Crippen LogP contribution in [0.4, 0.5) is 0 Å². The van der Waals surface area contributed by atoms with Gasteiger partial charge in [0.25, 0.3) is 0 Å². The smallest absolute Gasteiger partial charge is 0.328 e. The van der Waals surface area contributed by atoms with Gasteiger partial charge in [0.15, 0.2) is 0 Å². The van der Waals surface area contributed by atoms with E-state index in [1.54, 1.807) is 0 Å². The minimum absolute atomic E-state index is 0.00858. The van der Waals surface area contributed by atoms with Crippen LogP contribution in [0.3, 0.4) is 0 Å². The summed E-state index contributed by atoms with van der Waals surface area (Å²) in [6, 6.07) is 10.4. The van der Waals surface area contributed by atoms with Crippen LogP contribution in [0, 0.1) is 23.2 Å². The number of carbonyl (C=O) groups excluding carboxylic acids is 2. The summed E-state index contributed by atoms with van der Waals surface area (Å²) in [7, 11) is 1.38. The number of amides is 1. The summed E-state index contributed by atoms with van der Waals surface area (Å²) in [5.74, 6) is 1.14. The highest BCUT2D eigenvalue weighted by atomic mass is 16.5. The average Bonchev–Trinajstić information content (AvgIpc) is 2.64. The summed E-state index contributed by atoms with van der Waals surface area (Å²) in [6.45, 7) is 3.88. The lowest BCUT2D eigenvalue weighted by Gasteiger charge is -2.62. The standard InChI is InChI=1S/C24H33NO3/c1-16(2)21(22(27)28-3)25-20(26)14-23-10-17-9-18(11-23)13-24(12-17,15-23)19-7-5-4-6-8-19/h4-8,16-18,21H,9-15H2,1-3H3,(H,25,26)/t17-,18+,21-,23?,24?/m0/s1. The van der Waals surface area contributed by atoms with Gasteiger partial charge in [-0.3, -0.25) is 4.79 Å².